The molecule has 1 heterocycles. The normalized spacial score (nSPS) is 18.3. The van der Waals surface area contributed by atoms with Crippen molar-refractivity contribution in [2.45, 2.75) is 11.7 Å². The van der Waals surface area contributed by atoms with Gasteiger partial charge in [-0.05, 0) is 23.8 Å². The number of amidine groups is 1. The third kappa shape index (κ3) is 5.27. The largest absolute Gasteiger partial charge is 0.326 e. The van der Waals surface area contributed by atoms with Crippen LogP contribution >= 0.6 is 27.7 Å². The Labute approximate surface area is 163 Å². The lowest BCUT2D eigenvalue weighted by Crippen LogP contribution is -2.28. The number of anilines is 1. The minimum Gasteiger partial charge on any atom is -0.326 e. The Balaban J connectivity index is 1.55. The summed E-state index contributed by atoms with van der Waals surface area (Å²) < 4.78 is 0.869. The standard InChI is InChI=1S/C18H15BrN4O2S/c19-13-7-4-8-14(9-13)21-16(24)10-15-17(25)22-18(26-15)23-20-11-12-5-2-1-3-6-12/h1-9,11,15H,10H2,(H,21,24)(H,22,23,25)/b20-11+. The van der Waals surface area contributed by atoms with Crippen LogP contribution < -0.4 is 10.6 Å². The molecule has 0 radical (unpaired) electrons. The minimum absolute atomic E-state index is 0.0600. The molecule has 8 heteroatoms. The topological polar surface area (TPSA) is 82.9 Å². The first-order valence-corrected chi connectivity index (χ1v) is 9.46. The van der Waals surface area contributed by atoms with Gasteiger partial charge in [0, 0.05) is 16.6 Å². The molecule has 0 aromatic heterocycles. The van der Waals surface area contributed by atoms with Gasteiger partial charge in [0.15, 0.2) is 5.17 Å². The summed E-state index contributed by atoms with van der Waals surface area (Å²) in [5.41, 5.74) is 1.59. The maximum absolute atomic E-state index is 12.1. The number of hydrogen-bond donors (Lipinski definition) is 2. The predicted octanol–water partition coefficient (Wildman–Crippen LogP) is 3.40. The van der Waals surface area contributed by atoms with E-state index in [9.17, 15) is 9.59 Å². The van der Waals surface area contributed by atoms with Crippen molar-refractivity contribution in [3.05, 3.63) is 64.6 Å². The van der Waals surface area contributed by atoms with Gasteiger partial charge in [-0.25, -0.2) is 0 Å². The van der Waals surface area contributed by atoms with Crippen molar-refractivity contribution in [2.24, 2.45) is 10.2 Å². The lowest BCUT2D eigenvalue weighted by molar-refractivity contribution is -0.122. The molecular weight excluding hydrogens is 416 g/mol. The van der Waals surface area contributed by atoms with Crippen LogP contribution in [0.5, 0.6) is 0 Å². The van der Waals surface area contributed by atoms with Crippen LogP contribution in [-0.2, 0) is 9.59 Å². The summed E-state index contributed by atoms with van der Waals surface area (Å²) in [5, 5.41) is 13.3. The van der Waals surface area contributed by atoms with Gasteiger partial charge < -0.3 is 10.6 Å². The number of amides is 2. The molecule has 2 amide bonds. The fourth-order valence-electron chi connectivity index (χ4n) is 2.22. The first-order valence-electron chi connectivity index (χ1n) is 7.79. The molecular formula is C18H15BrN4O2S. The Morgan fingerprint density at radius 1 is 1.23 bits per heavy atom. The van der Waals surface area contributed by atoms with Gasteiger partial charge in [0.05, 0.1) is 6.21 Å². The van der Waals surface area contributed by atoms with Crippen LogP contribution in [0.3, 0.4) is 0 Å². The summed E-state index contributed by atoms with van der Waals surface area (Å²) in [6.45, 7) is 0. The molecule has 3 rings (SSSR count). The monoisotopic (exact) mass is 430 g/mol. The number of nitrogens with zero attached hydrogens (tertiary/aromatic N) is 2. The van der Waals surface area contributed by atoms with Crippen molar-refractivity contribution in [1.29, 1.82) is 0 Å². The molecule has 1 aliphatic heterocycles. The van der Waals surface area contributed by atoms with E-state index in [1.54, 1.807) is 18.3 Å². The maximum Gasteiger partial charge on any atom is 0.240 e. The number of carbonyl (C=O) groups excluding carboxylic acids is 2. The predicted molar refractivity (Wildman–Crippen MR) is 108 cm³/mol. The second kappa shape index (κ2) is 8.77. The highest BCUT2D eigenvalue weighted by atomic mass is 79.9. The Morgan fingerprint density at radius 2 is 2.04 bits per heavy atom. The minimum atomic E-state index is -0.521. The zero-order valence-electron chi connectivity index (χ0n) is 13.6. The molecule has 1 fully saturated rings. The molecule has 2 aromatic carbocycles. The number of rotatable bonds is 5. The van der Waals surface area contributed by atoms with E-state index in [1.165, 1.54) is 11.8 Å². The van der Waals surface area contributed by atoms with Crippen LogP contribution in [0.2, 0.25) is 0 Å². The molecule has 1 unspecified atom stereocenters. The third-order valence-electron chi connectivity index (χ3n) is 3.41. The van der Waals surface area contributed by atoms with Crippen LogP contribution in [-0.4, -0.2) is 28.4 Å². The molecule has 2 N–H and O–H groups in total. The van der Waals surface area contributed by atoms with E-state index in [-0.39, 0.29) is 18.2 Å². The molecule has 132 valence electrons. The molecule has 0 aliphatic carbocycles. The highest BCUT2D eigenvalue weighted by Crippen LogP contribution is 2.23. The van der Waals surface area contributed by atoms with Gasteiger partial charge in [0.25, 0.3) is 0 Å². The first kappa shape index (κ1) is 18.3. The van der Waals surface area contributed by atoms with E-state index < -0.39 is 5.25 Å². The summed E-state index contributed by atoms with van der Waals surface area (Å²) in [7, 11) is 0. The number of hydrogen-bond acceptors (Lipinski definition) is 5. The number of halogens is 1. The van der Waals surface area contributed by atoms with E-state index in [0.29, 0.717) is 10.9 Å². The van der Waals surface area contributed by atoms with Crippen molar-refractivity contribution in [3.63, 3.8) is 0 Å². The lowest BCUT2D eigenvalue weighted by atomic mass is 10.2. The van der Waals surface area contributed by atoms with Gasteiger partial charge >= 0.3 is 0 Å². The van der Waals surface area contributed by atoms with E-state index in [1.807, 2.05) is 42.5 Å². The second-order valence-corrected chi connectivity index (χ2v) is 7.53. The quantitative estimate of drug-likeness (QED) is 0.563. The average Bonchev–Trinajstić information content (AvgIpc) is 2.95. The number of benzene rings is 2. The third-order valence-corrected chi connectivity index (χ3v) is 4.98. The smallest absolute Gasteiger partial charge is 0.240 e. The van der Waals surface area contributed by atoms with Crippen molar-refractivity contribution in [3.8, 4) is 0 Å². The molecule has 0 spiro atoms. The van der Waals surface area contributed by atoms with Crippen LogP contribution in [0.25, 0.3) is 0 Å². The van der Waals surface area contributed by atoms with Gasteiger partial charge in [-0.1, -0.05) is 64.1 Å². The highest BCUT2D eigenvalue weighted by molar-refractivity contribution is 9.10. The number of thioether (sulfide) groups is 1. The van der Waals surface area contributed by atoms with Gasteiger partial charge in [-0.15, -0.1) is 5.10 Å². The first-order chi connectivity index (χ1) is 12.6. The fourth-order valence-corrected chi connectivity index (χ4v) is 3.54. The lowest BCUT2D eigenvalue weighted by Gasteiger charge is -2.07. The zero-order valence-corrected chi connectivity index (χ0v) is 16.0. The molecule has 0 bridgehead atoms. The van der Waals surface area contributed by atoms with Crippen LogP contribution in [0.4, 0.5) is 5.69 Å². The van der Waals surface area contributed by atoms with Gasteiger partial charge in [0.1, 0.15) is 5.25 Å². The zero-order chi connectivity index (χ0) is 18.4. The summed E-state index contributed by atoms with van der Waals surface area (Å²) >= 11 is 4.55. The summed E-state index contributed by atoms with van der Waals surface area (Å²) in [6.07, 6.45) is 1.66. The van der Waals surface area contributed by atoms with Gasteiger partial charge in [-0.2, -0.15) is 5.10 Å². The molecule has 6 nitrogen and oxygen atoms in total. The number of nitrogens with one attached hydrogen (secondary N) is 2. The second-order valence-electron chi connectivity index (χ2n) is 5.42. The van der Waals surface area contributed by atoms with E-state index in [0.717, 1.165) is 10.0 Å². The van der Waals surface area contributed by atoms with Crippen LogP contribution in [0.15, 0.2) is 69.3 Å². The molecule has 26 heavy (non-hydrogen) atoms. The SMILES string of the molecule is O=C(CC1S/C(=N\N=C\c2ccccc2)NC1=O)Nc1cccc(Br)c1. The molecule has 2 aromatic rings. The Kier molecular flexibility index (Phi) is 6.19. The van der Waals surface area contributed by atoms with Crippen LogP contribution in [0, 0.1) is 0 Å². The van der Waals surface area contributed by atoms with Crippen molar-refractivity contribution < 1.29 is 9.59 Å². The molecule has 0 saturated carbocycles. The Hall–Kier alpha value is -2.45. The van der Waals surface area contributed by atoms with E-state index in [2.05, 4.69) is 36.8 Å². The van der Waals surface area contributed by atoms with Crippen molar-refractivity contribution in [2.75, 3.05) is 5.32 Å². The maximum atomic E-state index is 12.1. The molecule has 1 aliphatic rings. The Bertz CT molecular complexity index is 871. The van der Waals surface area contributed by atoms with Crippen LogP contribution in [0.1, 0.15) is 12.0 Å². The summed E-state index contributed by atoms with van der Waals surface area (Å²) in [4.78, 5) is 24.1. The highest BCUT2D eigenvalue weighted by Gasteiger charge is 2.32. The molecule has 1 saturated heterocycles. The average molecular weight is 431 g/mol. The number of carbonyl (C=O) groups is 2. The van der Waals surface area contributed by atoms with Gasteiger partial charge in [0.2, 0.25) is 11.8 Å². The van der Waals surface area contributed by atoms with Crippen molar-refractivity contribution >= 4 is 56.6 Å². The summed E-state index contributed by atoms with van der Waals surface area (Å²) in [5.74, 6) is -0.474. The summed E-state index contributed by atoms with van der Waals surface area (Å²) in [6, 6.07) is 16.8. The van der Waals surface area contributed by atoms with Gasteiger partial charge in [-0.3, -0.25) is 9.59 Å². The fraction of sp³-hybridized carbons (Fsp3) is 0.111. The van der Waals surface area contributed by atoms with E-state index >= 15 is 0 Å². The Morgan fingerprint density at radius 3 is 2.81 bits per heavy atom. The van der Waals surface area contributed by atoms with Crippen molar-refractivity contribution in [1.82, 2.24) is 5.32 Å². The molecule has 1 atom stereocenters. The van der Waals surface area contributed by atoms with E-state index in [4.69, 9.17) is 0 Å².